The number of aryl methyl sites for hydroxylation is 1. The number of nitrogen functional groups attached to an aromatic ring is 1. The van der Waals surface area contributed by atoms with Crippen molar-refractivity contribution >= 4 is 11.4 Å². The van der Waals surface area contributed by atoms with Crippen LogP contribution in [0.3, 0.4) is 0 Å². The Labute approximate surface area is 112 Å². The molecular formula is C14H18N4O. The summed E-state index contributed by atoms with van der Waals surface area (Å²) in [5.41, 5.74) is 8.44. The van der Waals surface area contributed by atoms with E-state index in [9.17, 15) is 0 Å². The van der Waals surface area contributed by atoms with Gasteiger partial charge in [-0.2, -0.15) is 0 Å². The molecule has 1 aromatic carbocycles. The molecule has 0 atom stereocenters. The van der Waals surface area contributed by atoms with Crippen LogP contribution in [0.4, 0.5) is 11.4 Å². The van der Waals surface area contributed by atoms with Gasteiger partial charge in [-0.25, -0.2) is 9.97 Å². The molecule has 0 aliphatic heterocycles. The summed E-state index contributed by atoms with van der Waals surface area (Å²) >= 11 is 0. The van der Waals surface area contributed by atoms with Crippen LogP contribution in [0.2, 0.25) is 0 Å². The van der Waals surface area contributed by atoms with Crippen LogP contribution in [0.15, 0.2) is 30.5 Å². The van der Waals surface area contributed by atoms with Crippen LogP contribution < -0.4 is 15.8 Å². The lowest BCUT2D eigenvalue weighted by molar-refractivity contribution is 0.342. The molecule has 3 N–H and O–H groups in total. The third kappa shape index (κ3) is 3.34. The van der Waals surface area contributed by atoms with E-state index in [0.717, 1.165) is 17.2 Å². The highest BCUT2D eigenvalue weighted by molar-refractivity contribution is 5.72. The summed E-state index contributed by atoms with van der Waals surface area (Å²) in [6.07, 6.45) is 1.75. The average molecular weight is 258 g/mol. The van der Waals surface area contributed by atoms with Gasteiger partial charge in [0.05, 0.1) is 30.2 Å². The van der Waals surface area contributed by atoms with Crippen molar-refractivity contribution in [2.45, 2.75) is 20.4 Å². The first-order valence-corrected chi connectivity index (χ1v) is 6.24. The Hall–Kier alpha value is -2.30. The summed E-state index contributed by atoms with van der Waals surface area (Å²) in [6.45, 7) is 5.00. The predicted molar refractivity (Wildman–Crippen MR) is 76.1 cm³/mol. The minimum absolute atomic E-state index is 0.596. The highest BCUT2D eigenvalue weighted by Crippen LogP contribution is 2.29. The van der Waals surface area contributed by atoms with Crippen LogP contribution in [0.1, 0.15) is 18.4 Å². The molecule has 5 heteroatoms. The zero-order valence-electron chi connectivity index (χ0n) is 11.2. The summed E-state index contributed by atoms with van der Waals surface area (Å²) in [4.78, 5) is 8.40. The first kappa shape index (κ1) is 13.1. The third-order valence-corrected chi connectivity index (χ3v) is 2.66. The number of nitrogens with zero attached hydrogens (tertiary/aromatic N) is 2. The normalized spacial score (nSPS) is 10.2. The van der Waals surface area contributed by atoms with E-state index < -0.39 is 0 Å². The number of anilines is 2. The van der Waals surface area contributed by atoms with Crippen LogP contribution in [0.5, 0.6) is 5.75 Å². The van der Waals surface area contributed by atoms with E-state index in [4.69, 9.17) is 10.5 Å². The second-order valence-corrected chi connectivity index (χ2v) is 4.10. The summed E-state index contributed by atoms with van der Waals surface area (Å²) in [6, 6.07) is 7.57. The van der Waals surface area contributed by atoms with Gasteiger partial charge in [0, 0.05) is 6.20 Å². The molecule has 0 spiro atoms. The number of hydrogen-bond donors (Lipinski definition) is 2. The molecule has 1 aromatic heterocycles. The Kier molecular flexibility index (Phi) is 4.18. The van der Waals surface area contributed by atoms with Gasteiger partial charge in [0.1, 0.15) is 11.6 Å². The van der Waals surface area contributed by atoms with Crippen molar-refractivity contribution in [3.63, 3.8) is 0 Å². The predicted octanol–water partition coefficient (Wildman–Crippen LogP) is 2.38. The van der Waals surface area contributed by atoms with Crippen molar-refractivity contribution in [2.24, 2.45) is 0 Å². The molecule has 2 aromatic rings. The number of aromatic nitrogens is 2. The van der Waals surface area contributed by atoms with E-state index in [0.29, 0.717) is 24.6 Å². The van der Waals surface area contributed by atoms with E-state index in [1.54, 1.807) is 6.20 Å². The third-order valence-electron chi connectivity index (χ3n) is 2.66. The number of nitrogens with two attached hydrogens (primary N) is 1. The maximum atomic E-state index is 6.04. The largest absolute Gasteiger partial charge is 0.492 e. The lowest BCUT2D eigenvalue weighted by atomic mass is 10.2. The lowest BCUT2D eigenvalue weighted by Gasteiger charge is -2.12. The molecule has 0 unspecified atom stereocenters. The van der Waals surface area contributed by atoms with Crippen molar-refractivity contribution in [1.82, 2.24) is 9.97 Å². The van der Waals surface area contributed by atoms with Crippen LogP contribution in [-0.2, 0) is 6.54 Å². The van der Waals surface area contributed by atoms with Gasteiger partial charge in [-0.3, -0.25) is 0 Å². The van der Waals surface area contributed by atoms with Gasteiger partial charge >= 0.3 is 0 Å². The maximum Gasteiger partial charge on any atom is 0.144 e. The van der Waals surface area contributed by atoms with Crippen molar-refractivity contribution < 1.29 is 4.74 Å². The van der Waals surface area contributed by atoms with Gasteiger partial charge in [-0.15, -0.1) is 0 Å². The van der Waals surface area contributed by atoms with E-state index >= 15 is 0 Å². The summed E-state index contributed by atoms with van der Waals surface area (Å²) in [7, 11) is 0. The van der Waals surface area contributed by atoms with Gasteiger partial charge in [-0.05, 0) is 32.0 Å². The highest BCUT2D eigenvalue weighted by Gasteiger charge is 2.05. The van der Waals surface area contributed by atoms with Gasteiger partial charge < -0.3 is 15.8 Å². The Morgan fingerprint density at radius 3 is 2.89 bits per heavy atom. The molecule has 1 heterocycles. The number of benzene rings is 1. The zero-order chi connectivity index (χ0) is 13.7. The lowest BCUT2D eigenvalue weighted by Crippen LogP contribution is -2.06. The summed E-state index contributed by atoms with van der Waals surface area (Å²) < 4.78 is 5.46. The summed E-state index contributed by atoms with van der Waals surface area (Å²) in [5, 5.41) is 3.26. The Bertz CT molecular complexity index is 557. The first-order chi connectivity index (χ1) is 9.20. The highest BCUT2D eigenvalue weighted by atomic mass is 16.5. The van der Waals surface area contributed by atoms with Crippen molar-refractivity contribution in [3.8, 4) is 5.75 Å². The van der Waals surface area contributed by atoms with Crippen LogP contribution >= 0.6 is 0 Å². The molecule has 0 aliphatic rings. The molecule has 0 aliphatic carbocycles. The molecule has 0 amide bonds. The zero-order valence-corrected chi connectivity index (χ0v) is 11.2. The number of para-hydroxylation sites is 1. The Morgan fingerprint density at radius 2 is 2.16 bits per heavy atom. The SMILES string of the molecule is CCOc1cccc(NCc2ccnc(C)n2)c1N. The average Bonchev–Trinajstić information content (AvgIpc) is 2.40. The van der Waals surface area contributed by atoms with E-state index in [-0.39, 0.29) is 0 Å². The number of nitrogens with one attached hydrogen (secondary N) is 1. The molecule has 100 valence electrons. The van der Waals surface area contributed by atoms with E-state index in [2.05, 4.69) is 15.3 Å². The molecular weight excluding hydrogens is 240 g/mol. The van der Waals surface area contributed by atoms with Gasteiger partial charge in [0.2, 0.25) is 0 Å². The molecule has 5 nitrogen and oxygen atoms in total. The second kappa shape index (κ2) is 6.04. The minimum atomic E-state index is 0.596. The molecule has 0 saturated carbocycles. The summed E-state index contributed by atoms with van der Waals surface area (Å²) in [5.74, 6) is 1.46. The molecule has 0 radical (unpaired) electrons. The number of hydrogen-bond acceptors (Lipinski definition) is 5. The van der Waals surface area contributed by atoms with Crippen LogP contribution in [0, 0.1) is 6.92 Å². The Morgan fingerprint density at radius 1 is 1.32 bits per heavy atom. The molecule has 2 rings (SSSR count). The molecule has 19 heavy (non-hydrogen) atoms. The fraction of sp³-hybridized carbons (Fsp3) is 0.286. The Balaban J connectivity index is 2.09. The monoisotopic (exact) mass is 258 g/mol. The fourth-order valence-corrected chi connectivity index (χ4v) is 1.77. The van der Waals surface area contributed by atoms with Crippen molar-refractivity contribution in [3.05, 3.63) is 42.0 Å². The molecule has 0 saturated heterocycles. The maximum absolute atomic E-state index is 6.04. The quantitative estimate of drug-likeness (QED) is 0.805. The van der Waals surface area contributed by atoms with E-state index in [1.165, 1.54) is 0 Å². The topological polar surface area (TPSA) is 73.1 Å². The van der Waals surface area contributed by atoms with Crippen molar-refractivity contribution in [1.29, 1.82) is 0 Å². The first-order valence-electron chi connectivity index (χ1n) is 6.24. The minimum Gasteiger partial charge on any atom is -0.492 e. The van der Waals surface area contributed by atoms with Crippen molar-refractivity contribution in [2.75, 3.05) is 17.7 Å². The number of ether oxygens (including phenoxy) is 1. The fourth-order valence-electron chi connectivity index (χ4n) is 1.77. The molecule has 0 fully saturated rings. The second-order valence-electron chi connectivity index (χ2n) is 4.10. The van der Waals surface area contributed by atoms with Gasteiger partial charge in [-0.1, -0.05) is 6.07 Å². The molecule has 0 bridgehead atoms. The van der Waals surface area contributed by atoms with E-state index in [1.807, 2.05) is 38.1 Å². The van der Waals surface area contributed by atoms with Crippen LogP contribution in [0.25, 0.3) is 0 Å². The van der Waals surface area contributed by atoms with Gasteiger partial charge in [0.25, 0.3) is 0 Å². The van der Waals surface area contributed by atoms with Crippen LogP contribution in [-0.4, -0.2) is 16.6 Å². The van der Waals surface area contributed by atoms with Gasteiger partial charge in [0.15, 0.2) is 0 Å². The standard InChI is InChI=1S/C14H18N4O/c1-3-19-13-6-4-5-12(14(13)15)17-9-11-7-8-16-10(2)18-11/h4-8,17H,3,9,15H2,1-2H3. The number of rotatable bonds is 5. The smallest absolute Gasteiger partial charge is 0.144 e.